The predicted octanol–water partition coefficient (Wildman–Crippen LogP) is 3.05. The van der Waals surface area contributed by atoms with Crippen molar-refractivity contribution in [3.8, 4) is 0 Å². The summed E-state index contributed by atoms with van der Waals surface area (Å²) in [6.45, 7) is 1.40. The number of amides is 1. The van der Waals surface area contributed by atoms with Gasteiger partial charge in [0.2, 0.25) is 5.91 Å². The van der Waals surface area contributed by atoms with E-state index in [9.17, 15) is 4.79 Å². The van der Waals surface area contributed by atoms with E-state index in [1.165, 1.54) is 12.8 Å². The minimum absolute atomic E-state index is 0.215. The van der Waals surface area contributed by atoms with Crippen LogP contribution in [0, 0.1) is 0 Å². The van der Waals surface area contributed by atoms with Crippen LogP contribution in [-0.2, 0) is 16.0 Å². The zero-order valence-corrected chi connectivity index (χ0v) is 12.3. The van der Waals surface area contributed by atoms with Gasteiger partial charge in [-0.25, -0.2) is 0 Å². The van der Waals surface area contributed by atoms with Crippen molar-refractivity contribution >= 4 is 17.5 Å². The van der Waals surface area contributed by atoms with Gasteiger partial charge in [-0.15, -0.1) is 0 Å². The Kier molecular flexibility index (Phi) is 4.27. The minimum atomic E-state index is 0.215. The van der Waals surface area contributed by atoms with Gasteiger partial charge in [-0.3, -0.25) is 4.79 Å². The Morgan fingerprint density at radius 3 is 2.80 bits per heavy atom. The molecule has 0 aromatic heterocycles. The fourth-order valence-electron chi connectivity index (χ4n) is 3.28. The van der Waals surface area contributed by atoms with E-state index in [1.807, 2.05) is 29.2 Å². The normalized spacial score (nSPS) is 26.1. The zero-order chi connectivity index (χ0) is 13.9. The second-order valence-corrected chi connectivity index (χ2v) is 6.09. The number of halogens is 1. The lowest BCUT2D eigenvalue weighted by Crippen LogP contribution is -2.55. The summed E-state index contributed by atoms with van der Waals surface area (Å²) in [7, 11) is 0. The first kappa shape index (κ1) is 13.9. The number of carbonyl (C=O) groups excluding carboxylic acids is 1. The zero-order valence-electron chi connectivity index (χ0n) is 11.6. The number of rotatable bonds is 2. The SMILES string of the molecule is O=C(Cc1ccc(Cl)cc1)N1CCOC2CCCCC21. The third-order valence-corrected chi connectivity index (χ3v) is 4.57. The standard InChI is InChI=1S/C16H20ClNO2/c17-13-7-5-12(6-8-13)11-16(19)18-9-10-20-15-4-2-1-3-14(15)18/h5-8,14-15H,1-4,9-11H2. The van der Waals surface area contributed by atoms with Crippen molar-refractivity contribution in [2.45, 2.75) is 44.2 Å². The first-order chi connectivity index (χ1) is 9.74. The highest BCUT2D eigenvalue weighted by Crippen LogP contribution is 2.28. The van der Waals surface area contributed by atoms with Crippen molar-refractivity contribution in [3.05, 3.63) is 34.9 Å². The molecule has 3 nitrogen and oxygen atoms in total. The number of ether oxygens (including phenoxy) is 1. The number of benzene rings is 1. The van der Waals surface area contributed by atoms with Crippen LogP contribution in [0.4, 0.5) is 0 Å². The van der Waals surface area contributed by atoms with Gasteiger partial charge in [-0.05, 0) is 30.5 Å². The summed E-state index contributed by atoms with van der Waals surface area (Å²) in [5, 5.41) is 0.708. The molecule has 1 saturated carbocycles. The molecule has 0 spiro atoms. The Bertz CT molecular complexity index is 472. The third-order valence-electron chi connectivity index (χ3n) is 4.32. The molecule has 2 fully saturated rings. The van der Waals surface area contributed by atoms with Gasteiger partial charge in [0, 0.05) is 11.6 Å². The Morgan fingerprint density at radius 1 is 1.25 bits per heavy atom. The number of morpholine rings is 1. The van der Waals surface area contributed by atoms with E-state index < -0.39 is 0 Å². The van der Waals surface area contributed by atoms with Crippen molar-refractivity contribution in [1.82, 2.24) is 4.90 Å². The molecule has 0 N–H and O–H groups in total. The molecule has 2 aliphatic rings. The van der Waals surface area contributed by atoms with Gasteiger partial charge in [0.15, 0.2) is 0 Å². The third kappa shape index (κ3) is 2.99. The van der Waals surface area contributed by atoms with Crippen LogP contribution < -0.4 is 0 Å². The minimum Gasteiger partial charge on any atom is -0.374 e. The van der Waals surface area contributed by atoms with Crippen molar-refractivity contribution in [2.75, 3.05) is 13.2 Å². The summed E-state index contributed by atoms with van der Waals surface area (Å²) < 4.78 is 5.82. The van der Waals surface area contributed by atoms with Crippen molar-refractivity contribution in [3.63, 3.8) is 0 Å². The maximum Gasteiger partial charge on any atom is 0.227 e. The Morgan fingerprint density at radius 2 is 2.00 bits per heavy atom. The van der Waals surface area contributed by atoms with Gasteiger partial charge in [0.25, 0.3) is 0 Å². The highest BCUT2D eigenvalue weighted by Gasteiger charge is 2.36. The average Bonchev–Trinajstić information content (AvgIpc) is 2.49. The van der Waals surface area contributed by atoms with E-state index in [4.69, 9.17) is 16.3 Å². The molecule has 4 heteroatoms. The molecule has 2 atom stereocenters. The van der Waals surface area contributed by atoms with Crippen LogP contribution in [0.2, 0.25) is 5.02 Å². The van der Waals surface area contributed by atoms with Gasteiger partial charge < -0.3 is 9.64 Å². The van der Waals surface area contributed by atoms with Crippen molar-refractivity contribution in [1.29, 1.82) is 0 Å². The molecule has 0 radical (unpaired) electrons. The van der Waals surface area contributed by atoms with Gasteiger partial charge in [0.1, 0.15) is 0 Å². The van der Waals surface area contributed by atoms with Gasteiger partial charge >= 0.3 is 0 Å². The number of nitrogens with zero attached hydrogens (tertiary/aromatic N) is 1. The largest absolute Gasteiger partial charge is 0.374 e. The highest BCUT2D eigenvalue weighted by atomic mass is 35.5. The second kappa shape index (κ2) is 6.15. The van der Waals surface area contributed by atoms with Crippen LogP contribution >= 0.6 is 11.6 Å². The molecular formula is C16H20ClNO2. The molecule has 1 aliphatic carbocycles. The van der Waals surface area contributed by atoms with Gasteiger partial charge in [-0.1, -0.05) is 36.6 Å². The molecular weight excluding hydrogens is 274 g/mol. The summed E-state index contributed by atoms with van der Waals surface area (Å²) in [4.78, 5) is 14.6. The molecule has 1 aromatic rings. The van der Waals surface area contributed by atoms with Gasteiger partial charge in [-0.2, -0.15) is 0 Å². The molecule has 3 rings (SSSR count). The molecule has 2 unspecified atom stereocenters. The number of hydrogen-bond donors (Lipinski definition) is 0. The lowest BCUT2D eigenvalue weighted by Gasteiger charge is -2.43. The number of fused-ring (bicyclic) bond motifs is 1. The van der Waals surface area contributed by atoms with E-state index >= 15 is 0 Å². The first-order valence-electron chi connectivity index (χ1n) is 7.39. The Balaban J connectivity index is 1.67. The van der Waals surface area contributed by atoms with E-state index in [-0.39, 0.29) is 18.1 Å². The van der Waals surface area contributed by atoms with E-state index in [1.54, 1.807) is 0 Å². The smallest absolute Gasteiger partial charge is 0.227 e. The van der Waals surface area contributed by atoms with E-state index in [2.05, 4.69) is 0 Å². The second-order valence-electron chi connectivity index (χ2n) is 5.65. The molecule has 1 saturated heterocycles. The monoisotopic (exact) mass is 293 g/mol. The lowest BCUT2D eigenvalue weighted by molar-refractivity contribution is -0.148. The van der Waals surface area contributed by atoms with Crippen LogP contribution in [0.15, 0.2) is 24.3 Å². The maximum absolute atomic E-state index is 12.5. The number of carbonyl (C=O) groups is 1. The molecule has 1 aliphatic heterocycles. The molecule has 108 valence electrons. The first-order valence-corrected chi connectivity index (χ1v) is 7.77. The maximum atomic E-state index is 12.5. The predicted molar refractivity (Wildman–Crippen MR) is 78.9 cm³/mol. The van der Waals surface area contributed by atoms with Crippen LogP contribution in [0.3, 0.4) is 0 Å². The Labute approximate surface area is 124 Å². The quantitative estimate of drug-likeness (QED) is 0.839. The molecule has 0 bridgehead atoms. The fourth-order valence-corrected chi connectivity index (χ4v) is 3.41. The van der Waals surface area contributed by atoms with Crippen molar-refractivity contribution < 1.29 is 9.53 Å². The number of hydrogen-bond acceptors (Lipinski definition) is 2. The van der Waals surface area contributed by atoms with Crippen LogP contribution in [0.5, 0.6) is 0 Å². The van der Waals surface area contributed by atoms with Gasteiger partial charge in [0.05, 0.1) is 25.2 Å². The summed E-state index contributed by atoms with van der Waals surface area (Å²) in [6, 6.07) is 7.83. The van der Waals surface area contributed by atoms with Crippen LogP contribution in [0.25, 0.3) is 0 Å². The molecule has 1 aromatic carbocycles. The van der Waals surface area contributed by atoms with Crippen LogP contribution in [-0.4, -0.2) is 36.1 Å². The Hall–Kier alpha value is -1.06. The molecule has 20 heavy (non-hydrogen) atoms. The van der Waals surface area contributed by atoms with E-state index in [0.29, 0.717) is 18.1 Å². The summed E-state index contributed by atoms with van der Waals surface area (Å²) in [5.41, 5.74) is 1.03. The summed E-state index contributed by atoms with van der Waals surface area (Å²) >= 11 is 5.88. The molecule has 1 amide bonds. The molecule has 1 heterocycles. The van der Waals surface area contributed by atoms with E-state index in [0.717, 1.165) is 24.9 Å². The highest BCUT2D eigenvalue weighted by molar-refractivity contribution is 6.30. The summed E-state index contributed by atoms with van der Waals surface area (Å²) in [5.74, 6) is 0.215. The van der Waals surface area contributed by atoms with Crippen molar-refractivity contribution in [2.24, 2.45) is 0 Å². The lowest BCUT2D eigenvalue weighted by atomic mass is 9.90. The topological polar surface area (TPSA) is 29.5 Å². The van der Waals surface area contributed by atoms with Crippen LogP contribution in [0.1, 0.15) is 31.2 Å². The summed E-state index contributed by atoms with van der Waals surface area (Å²) in [6.07, 6.45) is 5.31. The average molecular weight is 294 g/mol. The fraction of sp³-hybridized carbons (Fsp3) is 0.562.